The topological polar surface area (TPSA) is 35.2 Å². The summed E-state index contributed by atoms with van der Waals surface area (Å²) >= 11 is 5.80. The molecule has 0 heterocycles. The van der Waals surface area contributed by atoms with E-state index in [4.69, 9.17) is 22.1 Å². The molecule has 2 rings (SSSR count). The molecule has 2 nitrogen and oxygen atoms in total. The van der Waals surface area contributed by atoms with Gasteiger partial charge in [-0.25, -0.2) is 4.39 Å². The molecule has 15 heavy (non-hydrogen) atoms. The summed E-state index contributed by atoms with van der Waals surface area (Å²) in [5.41, 5.74) is 6.94. The normalized spacial score (nSPS) is 17.7. The number of benzene rings is 1. The van der Waals surface area contributed by atoms with Gasteiger partial charge >= 0.3 is 0 Å². The first-order valence-electron chi connectivity index (χ1n) is 4.81. The van der Waals surface area contributed by atoms with Gasteiger partial charge in [-0.05, 0) is 25.8 Å². The SMILES string of the molecule is COc1c(C2(N)CC2)cc(Cl)c(F)c1C. The van der Waals surface area contributed by atoms with Gasteiger partial charge in [-0.2, -0.15) is 0 Å². The van der Waals surface area contributed by atoms with E-state index >= 15 is 0 Å². The van der Waals surface area contributed by atoms with Gasteiger partial charge < -0.3 is 10.5 Å². The highest BCUT2D eigenvalue weighted by molar-refractivity contribution is 6.31. The van der Waals surface area contributed by atoms with Gasteiger partial charge in [-0.15, -0.1) is 0 Å². The Labute approximate surface area is 93.2 Å². The largest absolute Gasteiger partial charge is 0.496 e. The predicted molar refractivity (Wildman–Crippen MR) is 57.8 cm³/mol. The van der Waals surface area contributed by atoms with E-state index in [1.54, 1.807) is 13.0 Å². The van der Waals surface area contributed by atoms with Crippen LogP contribution in [0.4, 0.5) is 4.39 Å². The fourth-order valence-electron chi connectivity index (χ4n) is 1.77. The van der Waals surface area contributed by atoms with Gasteiger partial charge in [0.15, 0.2) is 0 Å². The highest BCUT2D eigenvalue weighted by Gasteiger charge is 2.43. The number of ether oxygens (including phenoxy) is 1. The molecule has 2 N–H and O–H groups in total. The highest BCUT2D eigenvalue weighted by Crippen LogP contribution is 2.48. The predicted octanol–water partition coefficient (Wildman–Crippen LogP) is 2.74. The lowest BCUT2D eigenvalue weighted by Crippen LogP contribution is -2.20. The van der Waals surface area contributed by atoms with Crippen molar-refractivity contribution in [1.82, 2.24) is 0 Å². The summed E-state index contributed by atoms with van der Waals surface area (Å²) in [6, 6.07) is 1.58. The van der Waals surface area contributed by atoms with Crippen molar-refractivity contribution in [3.8, 4) is 5.75 Å². The standard InChI is InChI=1S/C11H13ClFNO/c1-6-9(13)8(12)5-7(10(6)15-2)11(14)3-4-11/h5H,3-4,14H2,1-2H3. The van der Waals surface area contributed by atoms with Crippen molar-refractivity contribution in [2.24, 2.45) is 5.73 Å². The summed E-state index contributed by atoms with van der Waals surface area (Å²) < 4.78 is 18.7. The molecule has 1 fully saturated rings. The molecular weight excluding hydrogens is 217 g/mol. The molecule has 1 aromatic rings. The minimum Gasteiger partial charge on any atom is -0.496 e. The molecule has 0 aliphatic heterocycles. The van der Waals surface area contributed by atoms with Crippen molar-refractivity contribution in [2.75, 3.05) is 7.11 Å². The fraction of sp³-hybridized carbons (Fsp3) is 0.455. The molecule has 1 aromatic carbocycles. The molecule has 1 aliphatic carbocycles. The van der Waals surface area contributed by atoms with Crippen LogP contribution in [-0.4, -0.2) is 7.11 Å². The van der Waals surface area contributed by atoms with E-state index in [9.17, 15) is 4.39 Å². The molecule has 0 spiro atoms. The molecule has 0 bridgehead atoms. The van der Waals surface area contributed by atoms with Crippen LogP contribution in [0.1, 0.15) is 24.0 Å². The van der Waals surface area contributed by atoms with Crippen molar-refractivity contribution in [3.05, 3.63) is 28.0 Å². The number of halogens is 2. The lowest BCUT2D eigenvalue weighted by molar-refractivity contribution is 0.396. The van der Waals surface area contributed by atoms with Crippen molar-refractivity contribution in [2.45, 2.75) is 25.3 Å². The summed E-state index contributed by atoms with van der Waals surface area (Å²) in [6.07, 6.45) is 1.79. The number of rotatable bonds is 2. The van der Waals surface area contributed by atoms with Gasteiger partial charge in [0, 0.05) is 16.7 Å². The van der Waals surface area contributed by atoms with Crippen LogP contribution in [0.2, 0.25) is 5.02 Å². The van der Waals surface area contributed by atoms with Gasteiger partial charge in [0.2, 0.25) is 0 Å². The third kappa shape index (κ3) is 1.60. The zero-order chi connectivity index (χ0) is 11.2. The van der Waals surface area contributed by atoms with E-state index in [0.29, 0.717) is 11.3 Å². The van der Waals surface area contributed by atoms with E-state index < -0.39 is 5.82 Å². The van der Waals surface area contributed by atoms with Crippen molar-refractivity contribution in [3.63, 3.8) is 0 Å². The second-order valence-corrected chi connectivity index (χ2v) is 4.44. The van der Waals surface area contributed by atoms with Crippen LogP contribution in [-0.2, 0) is 5.54 Å². The first-order chi connectivity index (χ1) is 6.99. The minimum atomic E-state index is -0.429. The summed E-state index contributed by atoms with van der Waals surface area (Å²) in [4.78, 5) is 0. The quantitative estimate of drug-likeness (QED) is 0.847. The number of methoxy groups -OCH3 is 1. The monoisotopic (exact) mass is 229 g/mol. The van der Waals surface area contributed by atoms with Crippen LogP contribution in [0.25, 0.3) is 0 Å². The molecule has 82 valence electrons. The average Bonchev–Trinajstić information content (AvgIpc) is 2.94. The van der Waals surface area contributed by atoms with Gasteiger partial charge in [0.25, 0.3) is 0 Å². The first-order valence-corrected chi connectivity index (χ1v) is 5.19. The maximum Gasteiger partial charge on any atom is 0.148 e. The first kappa shape index (κ1) is 10.7. The molecule has 0 unspecified atom stereocenters. The second-order valence-electron chi connectivity index (χ2n) is 4.03. The zero-order valence-corrected chi connectivity index (χ0v) is 9.49. The summed E-state index contributed by atoms with van der Waals surface area (Å²) in [5.74, 6) is 0.0958. The molecule has 0 aromatic heterocycles. The average molecular weight is 230 g/mol. The van der Waals surface area contributed by atoms with Crippen LogP contribution in [0.3, 0.4) is 0 Å². The van der Waals surface area contributed by atoms with Gasteiger partial charge in [-0.3, -0.25) is 0 Å². The van der Waals surface area contributed by atoms with Crippen LogP contribution in [0.5, 0.6) is 5.75 Å². The zero-order valence-electron chi connectivity index (χ0n) is 8.73. The fourth-order valence-corrected chi connectivity index (χ4v) is 2.02. The Balaban J connectivity index is 2.63. The number of hydrogen-bond acceptors (Lipinski definition) is 2. The summed E-state index contributed by atoms with van der Waals surface area (Å²) in [7, 11) is 1.52. The Bertz CT molecular complexity index is 416. The van der Waals surface area contributed by atoms with Crippen LogP contribution in [0.15, 0.2) is 6.07 Å². The van der Waals surface area contributed by atoms with E-state index in [1.165, 1.54) is 7.11 Å². The molecule has 0 saturated heterocycles. The summed E-state index contributed by atoms with van der Waals surface area (Å²) in [6.45, 7) is 1.65. The smallest absolute Gasteiger partial charge is 0.148 e. The molecule has 0 atom stereocenters. The molecular formula is C11H13ClFNO. The molecule has 1 aliphatic rings. The maximum absolute atomic E-state index is 13.5. The lowest BCUT2D eigenvalue weighted by atomic mass is 10.0. The molecule has 1 saturated carbocycles. The Hall–Kier alpha value is -0.800. The van der Waals surface area contributed by atoms with E-state index in [2.05, 4.69) is 0 Å². The second kappa shape index (κ2) is 3.35. The number of nitrogens with two attached hydrogens (primary N) is 1. The van der Waals surface area contributed by atoms with Gasteiger partial charge in [0.1, 0.15) is 11.6 Å². The Kier molecular flexibility index (Phi) is 2.40. The van der Waals surface area contributed by atoms with Gasteiger partial charge in [0.05, 0.1) is 12.1 Å². The molecule has 0 radical (unpaired) electrons. The summed E-state index contributed by atoms with van der Waals surface area (Å²) in [5, 5.41) is 0.111. The number of hydrogen-bond donors (Lipinski definition) is 1. The van der Waals surface area contributed by atoms with Crippen molar-refractivity contribution in [1.29, 1.82) is 0 Å². The van der Waals surface area contributed by atoms with Crippen LogP contribution < -0.4 is 10.5 Å². The van der Waals surface area contributed by atoms with Gasteiger partial charge in [-0.1, -0.05) is 11.6 Å². The maximum atomic E-state index is 13.5. The lowest BCUT2D eigenvalue weighted by Gasteiger charge is -2.17. The third-order valence-electron chi connectivity index (χ3n) is 2.92. The Morgan fingerprint density at radius 2 is 2.13 bits per heavy atom. The highest BCUT2D eigenvalue weighted by atomic mass is 35.5. The van der Waals surface area contributed by atoms with E-state index in [1.807, 2.05) is 0 Å². The van der Waals surface area contributed by atoms with Crippen LogP contribution in [0, 0.1) is 12.7 Å². The Morgan fingerprint density at radius 3 is 2.60 bits per heavy atom. The molecule has 0 amide bonds. The van der Waals surface area contributed by atoms with E-state index in [0.717, 1.165) is 18.4 Å². The molecule has 4 heteroatoms. The minimum absolute atomic E-state index is 0.111. The van der Waals surface area contributed by atoms with Crippen molar-refractivity contribution < 1.29 is 9.13 Å². The third-order valence-corrected chi connectivity index (χ3v) is 3.20. The van der Waals surface area contributed by atoms with E-state index in [-0.39, 0.29) is 10.6 Å². The van der Waals surface area contributed by atoms with Crippen molar-refractivity contribution >= 4 is 11.6 Å². The Morgan fingerprint density at radius 1 is 1.53 bits per heavy atom. The van der Waals surface area contributed by atoms with Crippen LogP contribution >= 0.6 is 11.6 Å².